The van der Waals surface area contributed by atoms with E-state index in [1.54, 1.807) is 6.20 Å². The van der Waals surface area contributed by atoms with Crippen LogP contribution in [0.4, 0.5) is 0 Å². The first-order chi connectivity index (χ1) is 11.8. The lowest BCUT2D eigenvalue weighted by Gasteiger charge is -2.03. The molecule has 4 heterocycles. The molecule has 0 aromatic carbocycles. The van der Waals surface area contributed by atoms with Crippen molar-refractivity contribution in [2.24, 2.45) is 0 Å². The van der Waals surface area contributed by atoms with Crippen LogP contribution in [0, 0.1) is 0 Å². The summed E-state index contributed by atoms with van der Waals surface area (Å²) < 4.78 is 1.86. The Morgan fingerprint density at radius 1 is 1.25 bits per heavy atom. The average Bonchev–Trinajstić information content (AvgIpc) is 3.21. The Labute approximate surface area is 141 Å². The summed E-state index contributed by atoms with van der Waals surface area (Å²) in [5, 5.41) is 11.8. The smallest absolute Gasteiger partial charge is 0.230 e. The van der Waals surface area contributed by atoms with Crippen LogP contribution in [0.1, 0.15) is 5.69 Å². The van der Waals surface area contributed by atoms with Crippen molar-refractivity contribution < 1.29 is 4.79 Å². The van der Waals surface area contributed by atoms with Crippen molar-refractivity contribution >= 4 is 34.3 Å². The summed E-state index contributed by atoms with van der Waals surface area (Å²) in [6.45, 7) is 0.441. The van der Waals surface area contributed by atoms with Crippen LogP contribution >= 0.6 is 11.8 Å². The maximum atomic E-state index is 12.0. The zero-order valence-corrected chi connectivity index (χ0v) is 13.5. The quantitative estimate of drug-likeness (QED) is 0.544. The molecule has 0 saturated carbocycles. The summed E-state index contributed by atoms with van der Waals surface area (Å²) in [7, 11) is 0. The van der Waals surface area contributed by atoms with Crippen LogP contribution in [0.3, 0.4) is 0 Å². The Kier molecular flexibility index (Phi) is 3.87. The first kappa shape index (κ1) is 14.7. The number of hydrogen-bond donors (Lipinski definition) is 2. The molecule has 0 unspecified atom stereocenters. The average molecular weight is 338 g/mol. The molecule has 0 aliphatic heterocycles. The molecule has 4 rings (SSSR count). The minimum atomic E-state index is -0.0562. The van der Waals surface area contributed by atoms with Gasteiger partial charge in [-0.1, -0.05) is 17.8 Å². The minimum Gasteiger partial charge on any atom is -0.356 e. The largest absolute Gasteiger partial charge is 0.356 e. The number of fused-ring (bicyclic) bond motifs is 2. The van der Waals surface area contributed by atoms with Crippen LogP contribution in [0.25, 0.3) is 16.7 Å². The third-order valence-electron chi connectivity index (χ3n) is 3.54. The van der Waals surface area contributed by atoms with Crippen molar-refractivity contribution in [3.63, 3.8) is 0 Å². The molecule has 2 N–H and O–H groups in total. The van der Waals surface area contributed by atoms with Gasteiger partial charge in [0.05, 0.1) is 23.3 Å². The lowest BCUT2D eigenvalue weighted by atomic mass is 10.4. The van der Waals surface area contributed by atoms with E-state index in [1.807, 2.05) is 47.0 Å². The molecule has 0 saturated heterocycles. The van der Waals surface area contributed by atoms with Crippen LogP contribution in [-0.2, 0) is 11.3 Å². The number of H-pyrrole nitrogens is 1. The number of carbonyl (C=O) groups is 1. The van der Waals surface area contributed by atoms with Gasteiger partial charge in [0, 0.05) is 18.1 Å². The van der Waals surface area contributed by atoms with Gasteiger partial charge in [-0.3, -0.25) is 14.2 Å². The highest BCUT2D eigenvalue weighted by Crippen LogP contribution is 2.16. The van der Waals surface area contributed by atoms with Gasteiger partial charge >= 0.3 is 0 Å². The van der Waals surface area contributed by atoms with Gasteiger partial charge in [0.1, 0.15) is 0 Å². The molecule has 0 aliphatic carbocycles. The molecule has 0 spiro atoms. The first-order valence-corrected chi connectivity index (χ1v) is 8.40. The van der Waals surface area contributed by atoms with Crippen molar-refractivity contribution in [2.75, 3.05) is 5.75 Å². The van der Waals surface area contributed by atoms with E-state index in [0.717, 1.165) is 22.4 Å². The lowest BCUT2D eigenvalue weighted by molar-refractivity contribution is -0.118. The van der Waals surface area contributed by atoms with Gasteiger partial charge in [0.2, 0.25) is 5.91 Å². The number of carbonyl (C=O) groups excluding carboxylic acids is 1. The summed E-state index contributed by atoms with van der Waals surface area (Å²) >= 11 is 1.36. The van der Waals surface area contributed by atoms with Crippen LogP contribution in [0.15, 0.2) is 53.9 Å². The van der Waals surface area contributed by atoms with E-state index in [9.17, 15) is 4.79 Å². The fourth-order valence-electron chi connectivity index (χ4n) is 2.40. The Balaban J connectivity index is 1.35. The number of aromatic amines is 1. The first-order valence-electron chi connectivity index (χ1n) is 7.41. The fraction of sp³-hybridized carbons (Fsp3) is 0.125. The molecule has 0 fully saturated rings. The number of pyridine rings is 2. The molecule has 4 aromatic rings. The van der Waals surface area contributed by atoms with E-state index in [4.69, 9.17) is 0 Å². The van der Waals surface area contributed by atoms with Crippen molar-refractivity contribution in [1.29, 1.82) is 0 Å². The highest BCUT2D eigenvalue weighted by atomic mass is 32.2. The molecule has 0 bridgehead atoms. The number of aromatic nitrogens is 5. The van der Waals surface area contributed by atoms with Gasteiger partial charge in [-0.25, -0.2) is 0 Å². The standard InChI is InChI=1S/C16H14N6OS/c23-15(10-24-16-21-20-14-5-1-2-7-22(14)16)18-9-11-8-13-12(19-11)4-3-6-17-13/h1-8,19H,9-10H2,(H,18,23). The maximum Gasteiger partial charge on any atom is 0.230 e. The van der Waals surface area contributed by atoms with E-state index in [-0.39, 0.29) is 11.7 Å². The van der Waals surface area contributed by atoms with E-state index in [2.05, 4.69) is 25.5 Å². The predicted octanol–water partition coefficient (Wildman–Crippen LogP) is 2.01. The van der Waals surface area contributed by atoms with Crippen molar-refractivity contribution in [3.8, 4) is 0 Å². The third-order valence-corrected chi connectivity index (χ3v) is 4.48. The SMILES string of the molecule is O=C(CSc1nnc2ccccn12)NCc1cc2ncccc2[nH]1. The molecule has 120 valence electrons. The Bertz CT molecular complexity index is 975. The number of rotatable bonds is 5. The summed E-state index contributed by atoms with van der Waals surface area (Å²) in [6, 6.07) is 11.5. The van der Waals surface area contributed by atoms with Crippen LogP contribution in [0.2, 0.25) is 0 Å². The van der Waals surface area contributed by atoms with Crippen LogP contribution in [0.5, 0.6) is 0 Å². The number of nitrogens with one attached hydrogen (secondary N) is 2. The lowest BCUT2D eigenvalue weighted by Crippen LogP contribution is -2.24. The Hall–Kier alpha value is -2.87. The third kappa shape index (κ3) is 2.95. The highest BCUT2D eigenvalue weighted by molar-refractivity contribution is 7.99. The van der Waals surface area contributed by atoms with Crippen molar-refractivity contribution in [1.82, 2.24) is 29.9 Å². The van der Waals surface area contributed by atoms with Crippen molar-refractivity contribution in [3.05, 3.63) is 54.5 Å². The summed E-state index contributed by atoms with van der Waals surface area (Å²) in [5.41, 5.74) is 3.55. The van der Waals surface area contributed by atoms with E-state index in [1.165, 1.54) is 11.8 Å². The van der Waals surface area contributed by atoms with E-state index < -0.39 is 0 Å². The second kappa shape index (κ2) is 6.32. The fourth-order valence-corrected chi connectivity index (χ4v) is 3.15. The van der Waals surface area contributed by atoms with Gasteiger partial charge in [-0.15, -0.1) is 10.2 Å². The second-order valence-corrected chi connectivity index (χ2v) is 6.15. The molecule has 24 heavy (non-hydrogen) atoms. The second-order valence-electron chi connectivity index (χ2n) is 5.21. The van der Waals surface area contributed by atoms with Gasteiger partial charge in [-0.05, 0) is 30.3 Å². The van der Waals surface area contributed by atoms with E-state index in [0.29, 0.717) is 11.7 Å². The molecule has 4 aromatic heterocycles. The molecular weight excluding hydrogens is 324 g/mol. The highest BCUT2D eigenvalue weighted by Gasteiger charge is 2.09. The zero-order valence-electron chi connectivity index (χ0n) is 12.6. The normalized spacial score (nSPS) is 11.2. The van der Waals surface area contributed by atoms with Crippen LogP contribution < -0.4 is 5.32 Å². The minimum absolute atomic E-state index is 0.0562. The molecule has 0 aliphatic rings. The van der Waals surface area contributed by atoms with Gasteiger partial charge in [-0.2, -0.15) is 0 Å². The molecule has 0 radical (unpaired) electrons. The Morgan fingerprint density at radius 2 is 2.21 bits per heavy atom. The van der Waals surface area contributed by atoms with Crippen molar-refractivity contribution in [2.45, 2.75) is 11.7 Å². The van der Waals surface area contributed by atoms with E-state index >= 15 is 0 Å². The molecular formula is C16H14N6OS. The number of thioether (sulfide) groups is 1. The molecule has 8 heteroatoms. The molecule has 0 atom stereocenters. The topological polar surface area (TPSA) is 88.0 Å². The number of nitrogens with zero attached hydrogens (tertiary/aromatic N) is 4. The Morgan fingerprint density at radius 3 is 3.12 bits per heavy atom. The summed E-state index contributed by atoms with van der Waals surface area (Å²) in [4.78, 5) is 19.5. The monoisotopic (exact) mass is 338 g/mol. The van der Waals surface area contributed by atoms with Gasteiger partial charge < -0.3 is 10.3 Å². The molecule has 1 amide bonds. The van der Waals surface area contributed by atoms with Gasteiger partial charge in [0.25, 0.3) is 0 Å². The molecule has 7 nitrogen and oxygen atoms in total. The van der Waals surface area contributed by atoms with Crippen LogP contribution in [-0.4, -0.2) is 36.2 Å². The summed E-state index contributed by atoms with van der Waals surface area (Å²) in [6.07, 6.45) is 3.63. The zero-order chi connectivity index (χ0) is 16.4. The number of hydrogen-bond acceptors (Lipinski definition) is 5. The van der Waals surface area contributed by atoms with Gasteiger partial charge in [0.15, 0.2) is 10.8 Å². The predicted molar refractivity (Wildman–Crippen MR) is 91.7 cm³/mol. The number of amides is 1. The maximum absolute atomic E-state index is 12.0. The summed E-state index contributed by atoms with van der Waals surface area (Å²) in [5.74, 6) is 0.230.